The van der Waals surface area contributed by atoms with Gasteiger partial charge in [0.05, 0.1) is 16.2 Å². The summed E-state index contributed by atoms with van der Waals surface area (Å²) >= 11 is 1.38. The Balaban J connectivity index is 1.53. The first-order chi connectivity index (χ1) is 13.1. The largest absolute Gasteiger partial charge is 0.311 e. The van der Waals surface area contributed by atoms with Crippen LogP contribution in [0.2, 0.25) is 0 Å². The Labute approximate surface area is 159 Å². The highest BCUT2D eigenvalue weighted by atomic mass is 32.2. The van der Waals surface area contributed by atoms with Crippen molar-refractivity contribution in [3.05, 3.63) is 64.5 Å². The number of carbonyl (C=O) groups is 1. The molecule has 1 amide bonds. The second-order valence-electron chi connectivity index (χ2n) is 6.20. The lowest BCUT2D eigenvalue weighted by molar-refractivity contribution is -0.384. The molecule has 0 unspecified atom stereocenters. The van der Waals surface area contributed by atoms with Gasteiger partial charge in [0, 0.05) is 29.8 Å². The Kier molecular flexibility index (Phi) is 4.72. The fraction of sp³-hybridized carbons (Fsp3) is 0.211. The van der Waals surface area contributed by atoms with Gasteiger partial charge in [0.25, 0.3) is 5.69 Å². The van der Waals surface area contributed by atoms with Crippen molar-refractivity contribution in [1.29, 1.82) is 0 Å². The number of aromatic nitrogens is 2. The zero-order valence-electron chi connectivity index (χ0n) is 14.4. The van der Waals surface area contributed by atoms with E-state index in [4.69, 9.17) is 0 Å². The zero-order chi connectivity index (χ0) is 18.8. The van der Waals surface area contributed by atoms with Crippen molar-refractivity contribution in [2.24, 2.45) is 0 Å². The molecule has 0 atom stereocenters. The number of nitrogens with zero attached hydrogens (tertiary/aromatic N) is 4. The van der Waals surface area contributed by atoms with Crippen LogP contribution in [0.3, 0.4) is 0 Å². The lowest BCUT2D eigenvalue weighted by Crippen LogP contribution is -2.36. The number of amides is 1. The molecule has 0 radical (unpaired) electrons. The molecule has 0 saturated heterocycles. The van der Waals surface area contributed by atoms with E-state index >= 15 is 0 Å². The molecule has 1 aromatic heterocycles. The number of aryl methyl sites for hydroxylation is 1. The molecule has 0 aliphatic carbocycles. The molecule has 3 aromatic rings. The van der Waals surface area contributed by atoms with E-state index in [2.05, 4.69) is 9.97 Å². The van der Waals surface area contributed by atoms with Crippen molar-refractivity contribution < 1.29 is 9.72 Å². The van der Waals surface area contributed by atoms with Gasteiger partial charge in [-0.25, -0.2) is 9.97 Å². The highest BCUT2D eigenvalue weighted by molar-refractivity contribution is 8.00. The van der Waals surface area contributed by atoms with E-state index in [0.29, 0.717) is 6.54 Å². The third-order valence-electron chi connectivity index (χ3n) is 4.53. The number of non-ortho nitro benzene ring substituents is 1. The maximum Gasteiger partial charge on any atom is 0.269 e. The minimum Gasteiger partial charge on any atom is -0.311 e. The van der Waals surface area contributed by atoms with Crippen LogP contribution in [-0.2, 0) is 11.2 Å². The van der Waals surface area contributed by atoms with E-state index in [9.17, 15) is 14.9 Å². The number of nitro benzene ring substituents is 1. The molecule has 0 bridgehead atoms. The van der Waals surface area contributed by atoms with Gasteiger partial charge in [-0.2, -0.15) is 0 Å². The summed E-state index contributed by atoms with van der Waals surface area (Å²) in [4.78, 5) is 33.7. The van der Waals surface area contributed by atoms with Crippen molar-refractivity contribution in [3.8, 4) is 0 Å². The molecule has 0 N–H and O–H groups in total. The van der Waals surface area contributed by atoms with Crippen LogP contribution in [-0.4, -0.2) is 33.1 Å². The summed E-state index contributed by atoms with van der Waals surface area (Å²) in [6.45, 7) is 0.620. The fourth-order valence-corrected chi connectivity index (χ4v) is 4.13. The predicted molar refractivity (Wildman–Crippen MR) is 104 cm³/mol. The summed E-state index contributed by atoms with van der Waals surface area (Å²) in [7, 11) is 0. The number of rotatable bonds is 4. The minimum absolute atomic E-state index is 0.0301. The third kappa shape index (κ3) is 3.48. The van der Waals surface area contributed by atoms with Crippen LogP contribution < -0.4 is 4.90 Å². The number of benzene rings is 2. The molecule has 1 aliphatic rings. The molecule has 136 valence electrons. The van der Waals surface area contributed by atoms with Gasteiger partial charge in [-0.15, -0.1) is 0 Å². The van der Waals surface area contributed by atoms with Gasteiger partial charge in [0.2, 0.25) is 5.91 Å². The number of hydrogen-bond acceptors (Lipinski definition) is 6. The first-order valence-electron chi connectivity index (χ1n) is 8.54. The van der Waals surface area contributed by atoms with E-state index in [0.717, 1.165) is 40.0 Å². The van der Waals surface area contributed by atoms with Crippen molar-refractivity contribution >= 4 is 39.9 Å². The second kappa shape index (κ2) is 7.32. The molecule has 8 heteroatoms. The second-order valence-corrected chi connectivity index (χ2v) is 7.17. The molecule has 0 fully saturated rings. The van der Waals surface area contributed by atoms with Crippen LogP contribution in [0.15, 0.2) is 53.8 Å². The molecule has 2 heterocycles. The van der Waals surface area contributed by atoms with Gasteiger partial charge in [-0.1, -0.05) is 30.0 Å². The first kappa shape index (κ1) is 17.4. The molecular weight excluding hydrogens is 364 g/mol. The number of carbonyl (C=O) groups excluding carboxylic acids is 1. The standard InChI is InChI=1S/C19H16N4O3S/c24-18(11-27-19-15-5-1-2-6-16(15)20-12-21-19)22-9-3-4-13-10-14(23(25)26)7-8-17(13)22/h1-2,5-8,10,12H,3-4,9,11H2. The number of hydrogen-bond donors (Lipinski definition) is 0. The van der Waals surface area contributed by atoms with Crippen LogP contribution in [0, 0.1) is 10.1 Å². The highest BCUT2D eigenvalue weighted by Gasteiger charge is 2.24. The van der Waals surface area contributed by atoms with Gasteiger partial charge in [-0.05, 0) is 30.5 Å². The summed E-state index contributed by atoms with van der Waals surface area (Å²) in [5.41, 5.74) is 2.52. The number of para-hydroxylation sites is 1. The quantitative estimate of drug-likeness (QED) is 0.297. The normalized spacial score (nSPS) is 13.4. The Morgan fingerprint density at radius 3 is 2.93 bits per heavy atom. The smallest absolute Gasteiger partial charge is 0.269 e. The lowest BCUT2D eigenvalue weighted by atomic mass is 10.0. The van der Waals surface area contributed by atoms with Gasteiger partial charge >= 0.3 is 0 Å². The number of fused-ring (bicyclic) bond motifs is 2. The molecular formula is C19H16N4O3S. The minimum atomic E-state index is -0.406. The Bertz CT molecular complexity index is 1040. The van der Waals surface area contributed by atoms with Crippen LogP contribution in [0.25, 0.3) is 10.9 Å². The summed E-state index contributed by atoms with van der Waals surface area (Å²) in [5, 5.41) is 12.7. The van der Waals surface area contributed by atoms with Crippen molar-refractivity contribution in [1.82, 2.24) is 9.97 Å². The van der Waals surface area contributed by atoms with E-state index in [1.54, 1.807) is 17.0 Å². The molecule has 27 heavy (non-hydrogen) atoms. The average Bonchev–Trinajstić information content (AvgIpc) is 2.71. The Morgan fingerprint density at radius 2 is 2.07 bits per heavy atom. The molecule has 1 aliphatic heterocycles. The van der Waals surface area contributed by atoms with Gasteiger partial charge in [0.1, 0.15) is 11.4 Å². The van der Waals surface area contributed by atoms with Crippen LogP contribution >= 0.6 is 11.8 Å². The average molecular weight is 380 g/mol. The number of anilines is 1. The van der Waals surface area contributed by atoms with Crippen LogP contribution in [0.4, 0.5) is 11.4 Å². The Hall–Kier alpha value is -3.00. The van der Waals surface area contributed by atoms with E-state index in [1.165, 1.54) is 24.2 Å². The summed E-state index contributed by atoms with van der Waals surface area (Å²) in [5.74, 6) is 0.217. The summed E-state index contributed by atoms with van der Waals surface area (Å²) in [6, 6.07) is 12.4. The van der Waals surface area contributed by atoms with Gasteiger partial charge in [-0.3, -0.25) is 14.9 Å². The van der Waals surface area contributed by atoms with Gasteiger partial charge < -0.3 is 4.90 Å². The molecule has 2 aromatic carbocycles. The number of thioether (sulfide) groups is 1. The van der Waals surface area contributed by atoms with Crippen molar-refractivity contribution in [3.63, 3.8) is 0 Å². The maximum atomic E-state index is 12.8. The molecule has 0 spiro atoms. The van der Waals surface area contributed by atoms with Crippen molar-refractivity contribution in [2.45, 2.75) is 17.9 Å². The fourth-order valence-electron chi connectivity index (χ4n) is 3.26. The monoisotopic (exact) mass is 380 g/mol. The molecule has 7 nitrogen and oxygen atoms in total. The Morgan fingerprint density at radius 1 is 1.22 bits per heavy atom. The highest BCUT2D eigenvalue weighted by Crippen LogP contribution is 2.32. The van der Waals surface area contributed by atoms with Crippen LogP contribution in [0.5, 0.6) is 0 Å². The predicted octanol–water partition coefficient (Wildman–Crippen LogP) is 3.61. The van der Waals surface area contributed by atoms with E-state index in [-0.39, 0.29) is 17.3 Å². The number of nitro groups is 1. The topological polar surface area (TPSA) is 89.2 Å². The summed E-state index contributed by atoms with van der Waals surface area (Å²) < 4.78 is 0. The summed E-state index contributed by atoms with van der Waals surface area (Å²) in [6.07, 6.45) is 3.04. The van der Waals surface area contributed by atoms with E-state index < -0.39 is 4.92 Å². The van der Waals surface area contributed by atoms with Crippen LogP contribution in [0.1, 0.15) is 12.0 Å². The molecule has 0 saturated carbocycles. The maximum absolute atomic E-state index is 12.8. The van der Waals surface area contributed by atoms with E-state index in [1.807, 2.05) is 24.3 Å². The first-order valence-corrected chi connectivity index (χ1v) is 9.52. The SMILES string of the molecule is O=C(CSc1ncnc2ccccc12)N1CCCc2cc([N+](=O)[O-])ccc21. The third-order valence-corrected chi connectivity index (χ3v) is 5.52. The van der Waals surface area contributed by atoms with Crippen molar-refractivity contribution in [2.75, 3.05) is 17.2 Å². The lowest BCUT2D eigenvalue weighted by Gasteiger charge is -2.29. The molecule has 4 rings (SSSR count). The van der Waals surface area contributed by atoms with Gasteiger partial charge in [0.15, 0.2) is 0 Å². The zero-order valence-corrected chi connectivity index (χ0v) is 15.2.